The molecule has 0 radical (unpaired) electrons. The lowest BCUT2D eigenvalue weighted by Gasteiger charge is -2.25. The molecule has 6 heteroatoms. The molecule has 1 aromatic carbocycles. The highest BCUT2D eigenvalue weighted by atomic mass is 79.9. The Hall–Kier alpha value is -1.95. The molecule has 0 aliphatic carbocycles. The quantitative estimate of drug-likeness (QED) is 0.889. The molecule has 1 aromatic heterocycles. The van der Waals surface area contributed by atoms with E-state index in [-0.39, 0.29) is 22.8 Å². The Morgan fingerprint density at radius 1 is 1.24 bits per heavy atom. The number of anilines is 1. The maximum atomic E-state index is 12.1. The van der Waals surface area contributed by atoms with Gasteiger partial charge in [0.05, 0.1) is 0 Å². The van der Waals surface area contributed by atoms with Gasteiger partial charge in [0.15, 0.2) is 11.5 Å². The molecule has 2 rings (SSSR count). The third-order valence-electron chi connectivity index (χ3n) is 3.26. The van der Waals surface area contributed by atoms with Crippen molar-refractivity contribution < 1.29 is 4.79 Å². The van der Waals surface area contributed by atoms with Crippen LogP contribution in [0.1, 0.15) is 29.9 Å². The summed E-state index contributed by atoms with van der Waals surface area (Å²) >= 11 is 3.41. The number of carbonyl (C=O) groups is 1. The highest BCUT2D eigenvalue weighted by Gasteiger charge is 2.22. The molecule has 0 aliphatic heterocycles. The van der Waals surface area contributed by atoms with Gasteiger partial charge in [-0.25, -0.2) is 9.97 Å². The Bertz CT molecular complexity index is 640. The first kappa shape index (κ1) is 15.4. The number of carbonyl (C=O) groups excluding carboxylic acids is 1. The number of nitrogens with zero attached hydrogens (tertiary/aromatic N) is 2. The Kier molecular flexibility index (Phi) is 4.57. The lowest BCUT2D eigenvalue weighted by molar-refractivity contribution is 0.0941. The Balaban J connectivity index is 2.06. The van der Waals surface area contributed by atoms with E-state index in [1.165, 1.54) is 12.4 Å². The molecule has 2 aromatic rings. The number of nitrogen functional groups attached to an aromatic ring is 1. The first-order valence-corrected chi connectivity index (χ1v) is 7.30. The summed E-state index contributed by atoms with van der Waals surface area (Å²) in [5.41, 5.74) is 6.74. The molecule has 110 valence electrons. The summed E-state index contributed by atoms with van der Waals surface area (Å²) in [5.74, 6) is -0.178. The van der Waals surface area contributed by atoms with Crippen molar-refractivity contribution in [3.63, 3.8) is 0 Å². The molecular formula is C15H17BrN4O. The van der Waals surface area contributed by atoms with Crippen LogP contribution in [-0.2, 0) is 5.41 Å². The second-order valence-electron chi connectivity index (χ2n) is 5.36. The standard InChI is InChI=1S/C15H17BrN4O/c1-15(2,10-3-5-11(16)6-4-10)9-20-14(21)12-13(17)19-8-7-18-12/h3-8H,9H2,1-2H3,(H2,17,19)(H,20,21). The summed E-state index contributed by atoms with van der Waals surface area (Å²) in [5, 5.41) is 2.86. The third kappa shape index (κ3) is 3.78. The van der Waals surface area contributed by atoms with E-state index in [2.05, 4.69) is 45.1 Å². The van der Waals surface area contributed by atoms with Gasteiger partial charge in [0, 0.05) is 28.8 Å². The second-order valence-corrected chi connectivity index (χ2v) is 6.28. The summed E-state index contributed by atoms with van der Waals surface area (Å²) in [6, 6.07) is 8.04. The second kappa shape index (κ2) is 6.22. The van der Waals surface area contributed by atoms with Gasteiger partial charge < -0.3 is 11.1 Å². The molecule has 0 saturated carbocycles. The van der Waals surface area contributed by atoms with Crippen molar-refractivity contribution in [3.8, 4) is 0 Å². The average molecular weight is 349 g/mol. The Morgan fingerprint density at radius 3 is 2.48 bits per heavy atom. The molecule has 5 nitrogen and oxygen atoms in total. The van der Waals surface area contributed by atoms with E-state index in [0.717, 1.165) is 10.0 Å². The molecule has 21 heavy (non-hydrogen) atoms. The van der Waals surface area contributed by atoms with Crippen LogP contribution in [0.2, 0.25) is 0 Å². The normalized spacial score (nSPS) is 11.2. The summed E-state index contributed by atoms with van der Waals surface area (Å²) < 4.78 is 1.03. The van der Waals surface area contributed by atoms with Gasteiger partial charge in [-0.1, -0.05) is 41.9 Å². The zero-order valence-electron chi connectivity index (χ0n) is 11.9. The smallest absolute Gasteiger partial charge is 0.273 e. The SMILES string of the molecule is CC(C)(CNC(=O)c1nccnc1N)c1ccc(Br)cc1. The minimum absolute atomic E-state index is 0.136. The highest BCUT2D eigenvalue weighted by molar-refractivity contribution is 9.10. The number of hydrogen-bond donors (Lipinski definition) is 2. The van der Waals surface area contributed by atoms with Crippen LogP contribution < -0.4 is 11.1 Å². The van der Waals surface area contributed by atoms with Gasteiger partial charge in [-0.05, 0) is 17.7 Å². The predicted octanol–water partition coefficient (Wildman–Crippen LogP) is 2.53. The molecule has 1 heterocycles. The van der Waals surface area contributed by atoms with Gasteiger partial charge in [-0.15, -0.1) is 0 Å². The number of rotatable bonds is 4. The third-order valence-corrected chi connectivity index (χ3v) is 3.79. The molecule has 0 fully saturated rings. The van der Waals surface area contributed by atoms with Gasteiger partial charge in [-0.3, -0.25) is 4.79 Å². The van der Waals surface area contributed by atoms with E-state index in [1.807, 2.05) is 24.3 Å². The fourth-order valence-electron chi connectivity index (χ4n) is 1.91. The van der Waals surface area contributed by atoms with Crippen LogP contribution in [0.5, 0.6) is 0 Å². The number of benzene rings is 1. The van der Waals surface area contributed by atoms with Gasteiger partial charge in [0.2, 0.25) is 0 Å². The number of aromatic nitrogens is 2. The van der Waals surface area contributed by atoms with Gasteiger partial charge in [-0.2, -0.15) is 0 Å². The van der Waals surface area contributed by atoms with Crippen molar-refractivity contribution in [3.05, 3.63) is 52.4 Å². The Labute approximate surface area is 132 Å². The fourth-order valence-corrected chi connectivity index (χ4v) is 2.18. The van der Waals surface area contributed by atoms with Crippen molar-refractivity contribution in [1.82, 2.24) is 15.3 Å². The number of nitrogens with one attached hydrogen (secondary N) is 1. The minimum Gasteiger partial charge on any atom is -0.382 e. The van der Waals surface area contributed by atoms with E-state index < -0.39 is 0 Å². The van der Waals surface area contributed by atoms with Crippen LogP contribution in [0.3, 0.4) is 0 Å². The molecule has 1 amide bonds. The molecule has 0 aliphatic rings. The first-order valence-electron chi connectivity index (χ1n) is 6.51. The van der Waals surface area contributed by atoms with E-state index >= 15 is 0 Å². The lowest BCUT2D eigenvalue weighted by atomic mass is 9.84. The number of amides is 1. The van der Waals surface area contributed by atoms with Crippen LogP contribution in [-0.4, -0.2) is 22.4 Å². The topological polar surface area (TPSA) is 80.9 Å². The van der Waals surface area contributed by atoms with E-state index in [4.69, 9.17) is 5.73 Å². The number of nitrogens with two attached hydrogens (primary N) is 1. The number of hydrogen-bond acceptors (Lipinski definition) is 4. The van der Waals surface area contributed by atoms with Crippen molar-refractivity contribution in [2.24, 2.45) is 0 Å². The molecule has 0 unspecified atom stereocenters. The van der Waals surface area contributed by atoms with Gasteiger partial charge in [0.25, 0.3) is 5.91 Å². The van der Waals surface area contributed by atoms with Gasteiger partial charge in [0.1, 0.15) is 0 Å². The summed E-state index contributed by atoms with van der Waals surface area (Å²) in [7, 11) is 0. The van der Waals surface area contributed by atoms with E-state index in [9.17, 15) is 4.79 Å². The maximum absolute atomic E-state index is 12.1. The molecule has 0 spiro atoms. The van der Waals surface area contributed by atoms with Crippen LogP contribution in [0, 0.1) is 0 Å². The van der Waals surface area contributed by atoms with Crippen molar-refractivity contribution >= 4 is 27.7 Å². The highest BCUT2D eigenvalue weighted by Crippen LogP contribution is 2.24. The summed E-state index contributed by atoms with van der Waals surface area (Å²) in [6.07, 6.45) is 2.91. The maximum Gasteiger partial charge on any atom is 0.273 e. The predicted molar refractivity (Wildman–Crippen MR) is 85.9 cm³/mol. The molecule has 0 atom stereocenters. The van der Waals surface area contributed by atoms with Crippen LogP contribution in [0.25, 0.3) is 0 Å². The van der Waals surface area contributed by atoms with Crippen molar-refractivity contribution in [2.75, 3.05) is 12.3 Å². The molecule has 0 bridgehead atoms. The van der Waals surface area contributed by atoms with E-state index in [1.54, 1.807) is 0 Å². The summed E-state index contributed by atoms with van der Waals surface area (Å²) in [6.45, 7) is 4.61. The van der Waals surface area contributed by atoms with Gasteiger partial charge >= 0.3 is 0 Å². The van der Waals surface area contributed by atoms with Crippen LogP contribution in [0.15, 0.2) is 41.1 Å². The summed E-state index contributed by atoms with van der Waals surface area (Å²) in [4.78, 5) is 19.9. The van der Waals surface area contributed by atoms with E-state index in [0.29, 0.717) is 6.54 Å². The number of halogens is 1. The monoisotopic (exact) mass is 348 g/mol. The lowest BCUT2D eigenvalue weighted by Crippen LogP contribution is -2.37. The fraction of sp³-hybridized carbons (Fsp3) is 0.267. The molecule has 3 N–H and O–H groups in total. The zero-order chi connectivity index (χ0) is 15.5. The largest absolute Gasteiger partial charge is 0.382 e. The minimum atomic E-state index is -0.314. The first-order chi connectivity index (χ1) is 9.90. The molecular weight excluding hydrogens is 332 g/mol. The van der Waals surface area contributed by atoms with Crippen molar-refractivity contribution in [1.29, 1.82) is 0 Å². The Morgan fingerprint density at radius 2 is 1.86 bits per heavy atom. The van der Waals surface area contributed by atoms with Crippen LogP contribution in [0.4, 0.5) is 5.82 Å². The molecule has 0 saturated heterocycles. The zero-order valence-corrected chi connectivity index (χ0v) is 13.5. The van der Waals surface area contributed by atoms with Crippen molar-refractivity contribution in [2.45, 2.75) is 19.3 Å². The van der Waals surface area contributed by atoms with Crippen LogP contribution >= 0.6 is 15.9 Å². The average Bonchev–Trinajstić information content (AvgIpc) is 2.46.